The second-order valence-corrected chi connectivity index (χ2v) is 5.94. The van der Waals surface area contributed by atoms with Crippen LogP contribution in [0.25, 0.3) is 9.75 Å². The number of esters is 2. The Bertz CT molecular complexity index is 558. The van der Waals surface area contributed by atoms with Crippen molar-refractivity contribution >= 4 is 34.6 Å². The summed E-state index contributed by atoms with van der Waals surface area (Å²) < 4.78 is 9.91. The van der Waals surface area contributed by atoms with Gasteiger partial charge in [0.25, 0.3) is 0 Å². The number of hydrogen-bond acceptors (Lipinski definition) is 6. The number of carbonyl (C=O) groups excluding carboxylic acids is 2. The van der Waals surface area contributed by atoms with Gasteiger partial charge in [0, 0.05) is 9.75 Å². The van der Waals surface area contributed by atoms with E-state index < -0.39 is 0 Å². The lowest BCUT2D eigenvalue weighted by Gasteiger charge is -1.97. The standard InChI is InChI=1S/C14H14O4S2/c1-3-17-13(15)11-7-5-9(19-11)10-6-8-12(20-10)14(16)18-4-2/h5-8H,3-4H2,1-2H3. The molecule has 6 heteroatoms. The van der Waals surface area contributed by atoms with Crippen LogP contribution in [0.2, 0.25) is 0 Å². The van der Waals surface area contributed by atoms with Crippen LogP contribution in [0.4, 0.5) is 0 Å². The molecule has 0 radical (unpaired) electrons. The van der Waals surface area contributed by atoms with Gasteiger partial charge in [-0.05, 0) is 38.1 Å². The molecule has 0 aliphatic rings. The number of rotatable bonds is 5. The Morgan fingerprint density at radius 1 is 0.850 bits per heavy atom. The first-order chi connectivity index (χ1) is 9.65. The van der Waals surface area contributed by atoms with Crippen molar-refractivity contribution in [3.05, 3.63) is 34.0 Å². The zero-order chi connectivity index (χ0) is 14.5. The Hall–Kier alpha value is -1.66. The minimum atomic E-state index is -0.314. The van der Waals surface area contributed by atoms with Gasteiger partial charge in [-0.2, -0.15) is 0 Å². The monoisotopic (exact) mass is 310 g/mol. The average molecular weight is 310 g/mol. The first kappa shape index (κ1) is 14.7. The van der Waals surface area contributed by atoms with E-state index in [0.717, 1.165) is 9.75 Å². The van der Waals surface area contributed by atoms with Crippen molar-refractivity contribution in [3.63, 3.8) is 0 Å². The van der Waals surface area contributed by atoms with Gasteiger partial charge in [-0.15, -0.1) is 22.7 Å². The number of ether oxygens (including phenoxy) is 2. The van der Waals surface area contributed by atoms with Gasteiger partial charge >= 0.3 is 11.9 Å². The SMILES string of the molecule is CCOC(=O)c1ccc(-c2ccc(C(=O)OCC)s2)s1. The van der Waals surface area contributed by atoms with E-state index in [1.807, 2.05) is 12.1 Å². The van der Waals surface area contributed by atoms with E-state index in [9.17, 15) is 9.59 Å². The first-order valence-electron chi connectivity index (χ1n) is 6.20. The van der Waals surface area contributed by atoms with Crippen LogP contribution in [0.5, 0.6) is 0 Å². The Morgan fingerprint density at radius 3 is 1.60 bits per heavy atom. The molecule has 106 valence electrons. The van der Waals surface area contributed by atoms with Crippen molar-refractivity contribution in [2.24, 2.45) is 0 Å². The van der Waals surface area contributed by atoms with Crippen LogP contribution in [-0.2, 0) is 9.47 Å². The van der Waals surface area contributed by atoms with Gasteiger partial charge < -0.3 is 9.47 Å². The van der Waals surface area contributed by atoms with Crippen LogP contribution in [0.3, 0.4) is 0 Å². The largest absolute Gasteiger partial charge is 0.462 e. The van der Waals surface area contributed by atoms with Crippen molar-refractivity contribution in [1.82, 2.24) is 0 Å². The van der Waals surface area contributed by atoms with Crippen molar-refractivity contribution < 1.29 is 19.1 Å². The molecular weight excluding hydrogens is 296 g/mol. The molecule has 0 aliphatic carbocycles. The summed E-state index contributed by atoms with van der Waals surface area (Å²) in [6.45, 7) is 4.27. The van der Waals surface area contributed by atoms with Gasteiger partial charge in [0.05, 0.1) is 13.2 Å². The van der Waals surface area contributed by atoms with Gasteiger partial charge in [-0.3, -0.25) is 0 Å². The molecule has 0 aromatic carbocycles. The zero-order valence-corrected chi connectivity index (χ0v) is 12.8. The van der Waals surface area contributed by atoms with Gasteiger partial charge in [-0.25, -0.2) is 9.59 Å². The third-order valence-corrected chi connectivity index (χ3v) is 4.73. The van der Waals surface area contributed by atoms with E-state index in [-0.39, 0.29) is 11.9 Å². The summed E-state index contributed by atoms with van der Waals surface area (Å²) in [6, 6.07) is 7.19. The van der Waals surface area contributed by atoms with Crippen LogP contribution >= 0.6 is 22.7 Å². The summed E-state index contributed by atoms with van der Waals surface area (Å²) in [5.41, 5.74) is 0. The lowest BCUT2D eigenvalue weighted by Crippen LogP contribution is -2.01. The molecule has 0 saturated heterocycles. The molecule has 2 heterocycles. The van der Waals surface area contributed by atoms with Crippen molar-refractivity contribution in [3.8, 4) is 9.75 Å². The van der Waals surface area contributed by atoms with E-state index in [1.54, 1.807) is 26.0 Å². The maximum absolute atomic E-state index is 11.6. The summed E-state index contributed by atoms with van der Waals surface area (Å²) in [5, 5.41) is 0. The highest BCUT2D eigenvalue weighted by Gasteiger charge is 2.14. The third kappa shape index (κ3) is 3.26. The van der Waals surface area contributed by atoms with Gasteiger partial charge in [0.15, 0.2) is 0 Å². The summed E-state index contributed by atoms with van der Waals surface area (Å²) in [7, 11) is 0. The summed E-state index contributed by atoms with van der Waals surface area (Å²) in [6.07, 6.45) is 0. The summed E-state index contributed by atoms with van der Waals surface area (Å²) in [5.74, 6) is -0.628. The first-order valence-corrected chi connectivity index (χ1v) is 7.83. The van der Waals surface area contributed by atoms with Crippen LogP contribution in [-0.4, -0.2) is 25.2 Å². The normalized spacial score (nSPS) is 10.3. The number of hydrogen-bond donors (Lipinski definition) is 0. The van der Waals surface area contributed by atoms with E-state index >= 15 is 0 Å². The fourth-order valence-corrected chi connectivity index (χ4v) is 3.45. The summed E-state index contributed by atoms with van der Waals surface area (Å²) >= 11 is 2.71. The van der Waals surface area contributed by atoms with Gasteiger partial charge in [-0.1, -0.05) is 0 Å². The molecule has 0 bridgehead atoms. The second-order valence-electron chi connectivity index (χ2n) is 3.77. The maximum Gasteiger partial charge on any atom is 0.348 e. The van der Waals surface area contributed by atoms with E-state index in [1.165, 1.54) is 22.7 Å². The van der Waals surface area contributed by atoms with E-state index in [0.29, 0.717) is 23.0 Å². The lowest BCUT2D eigenvalue weighted by atomic mass is 10.3. The minimum absolute atomic E-state index is 0.314. The average Bonchev–Trinajstić information content (AvgIpc) is 3.08. The predicted octanol–water partition coefficient (Wildman–Crippen LogP) is 3.83. The molecule has 0 atom stereocenters. The topological polar surface area (TPSA) is 52.6 Å². The molecule has 2 rings (SSSR count). The molecule has 4 nitrogen and oxygen atoms in total. The quantitative estimate of drug-likeness (QED) is 0.788. The number of thiophene rings is 2. The number of carbonyl (C=O) groups is 2. The van der Waals surface area contributed by atoms with Crippen LogP contribution in [0.1, 0.15) is 33.2 Å². The molecule has 2 aromatic heterocycles. The summed E-state index contributed by atoms with van der Waals surface area (Å²) in [4.78, 5) is 26.2. The molecule has 0 saturated carbocycles. The molecule has 2 aromatic rings. The minimum Gasteiger partial charge on any atom is -0.462 e. The smallest absolute Gasteiger partial charge is 0.348 e. The fraction of sp³-hybridized carbons (Fsp3) is 0.286. The van der Waals surface area contributed by atoms with E-state index in [4.69, 9.17) is 9.47 Å². The molecule has 0 fully saturated rings. The zero-order valence-electron chi connectivity index (χ0n) is 11.2. The lowest BCUT2D eigenvalue weighted by molar-refractivity contribution is 0.0522. The molecule has 0 spiro atoms. The van der Waals surface area contributed by atoms with Crippen molar-refractivity contribution in [2.75, 3.05) is 13.2 Å². The highest BCUT2D eigenvalue weighted by Crippen LogP contribution is 2.34. The molecule has 0 unspecified atom stereocenters. The Balaban J connectivity index is 2.16. The molecule has 0 aliphatic heterocycles. The Morgan fingerprint density at radius 2 is 1.25 bits per heavy atom. The fourth-order valence-electron chi connectivity index (χ4n) is 1.56. The second kappa shape index (κ2) is 6.67. The molecule has 20 heavy (non-hydrogen) atoms. The highest BCUT2D eigenvalue weighted by atomic mass is 32.1. The van der Waals surface area contributed by atoms with Crippen molar-refractivity contribution in [2.45, 2.75) is 13.8 Å². The van der Waals surface area contributed by atoms with E-state index in [2.05, 4.69) is 0 Å². The van der Waals surface area contributed by atoms with Crippen LogP contribution < -0.4 is 0 Å². The molecular formula is C14H14O4S2. The van der Waals surface area contributed by atoms with Crippen molar-refractivity contribution in [1.29, 1.82) is 0 Å². The van der Waals surface area contributed by atoms with Crippen LogP contribution in [0.15, 0.2) is 24.3 Å². The highest BCUT2D eigenvalue weighted by molar-refractivity contribution is 7.23. The molecule has 0 amide bonds. The molecule has 0 N–H and O–H groups in total. The third-order valence-electron chi connectivity index (χ3n) is 2.41. The van der Waals surface area contributed by atoms with Gasteiger partial charge in [0.2, 0.25) is 0 Å². The predicted molar refractivity (Wildman–Crippen MR) is 79.5 cm³/mol. The Kier molecular flexibility index (Phi) is 4.92. The van der Waals surface area contributed by atoms with Gasteiger partial charge in [0.1, 0.15) is 9.75 Å². The Labute approximate surface area is 125 Å². The maximum atomic E-state index is 11.6. The van der Waals surface area contributed by atoms with Crippen LogP contribution in [0, 0.1) is 0 Å².